The SMILES string of the molecule is O=C(Nc1ccc(NS(=O)(=O)c2ccc(Br)cc2Cl)cc1)C1CC1. The number of carbonyl (C=O) groups excluding carboxylic acids is 1. The van der Waals surface area contributed by atoms with Gasteiger partial charge in [0.05, 0.1) is 5.02 Å². The molecule has 0 radical (unpaired) electrons. The minimum atomic E-state index is -3.79. The summed E-state index contributed by atoms with van der Waals surface area (Å²) in [4.78, 5) is 11.7. The van der Waals surface area contributed by atoms with E-state index in [9.17, 15) is 13.2 Å². The molecule has 2 aromatic carbocycles. The van der Waals surface area contributed by atoms with Crippen LogP contribution in [0.25, 0.3) is 0 Å². The van der Waals surface area contributed by atoms with Crippen LogP contribution in [0.4, 0.5) is 11.4 Å². The van der Waals surface area contributed by atoms with Crippen LogP contribution in [0.15, 0.2) is 51.8 Å². The van der Waals surface area contributed by atoms with Gasteiger partial charge in [-0.15, -0.1) is 0 Å². The average molecular weight is 430 g/mol. The predicted octanol–water partition coefficient (Wildman–Crippen LogP) is 4.25. The van der Waals surface area contributed by atoms with E-state index in [0.29, 0.717) is 15.8 Å². The molecule has 0 atom stereocenters. The smallest absolute Gasteiger partial charge is 0.263 e. The zero-order chi connectivity index (χ0) is 17.3. The second-order valence-corrected chi connectivity index (χ2v) is 8.49. The number of benzene rings is 2. The molecule has 0 spiro atoms. The lowest BCUT2D eigenvalue weighted by Crippen LogP contribution is -2.14. The molecular weight excluding hydrogens is 416 g/mol. The molecule has 2 N–H and O–H groups in total. The van der Waals surface area contributed by atoms with E-state index in [1.54, 1.807) is 30.3 Å². The first-order chi connectivity index (χ1) is 11.3. The first kappa shape index (κ1) is 17.3. The second-order valence-electron chi connectivity index (χ2n) is 5.52. The highest BCUT2D eigenvalue weighted by atomic mass is 79.9. The third-order valence-electron chi connectivity index (χ3n) is 3.54. The van der Waals surface area contributed by atoms with E-state index in [2.05, 4.69) is 26.0 Å². The quantitative estimate of drug-likeness (QED) is 0.746. The number of nitrogens with one attached hydrogen (secondary N) is 2. The van der Waals surface area contributed by atoms with E-state index in [0.717, 1.165) is 12.8 Å². The maximum Gasteiger partial charge on any atom is 0.263 e. The molecule has 1 fully saturated rings. The van der Waals surface area contributed by atoms with Gasteiger partial charge in [0.2, 0.25) is 5.91 Å². The van der Waals surface area contributed by atoms with Crippen LogP contribution in [-0.2, 0) is 14.8 Å². The molecule has 0 bridgehead atoms. The Kier molecular flexibility index (Phi) is 4.85. The monoisotopic (exact) mass is 428 g/mol. The van der Waals surface area contributed by atoms with Gasteiger partial charge in [-0.25, -0.2) is 8.42 Å². The van der Waals surface area contributed by atoms with Crippen LogP contribution in [-0.4, -0.2) is 14.3 Å². The zero-order valence-corrected chi connectivity index (χ0v) is 15.6. The van der Waals surface area contributed by atoms with Crippen molar-refractivity contribution in [2.75, 3.05) is 10.0 Å². The van der Waals surface area contributed by atoms with Gasteiger partial charge in [0.1, 0.15) is 4.90 Å². The van der Waals surface area contributed by atoms with Crippen LogP contribution in [0.5, 0.6) is 0 Å². The third kappa shape index (κ3) is 4.09. The van der Waals surface area contributed by atoms with Crippen molar-refractivity contribution < 1.29 is 13.2 Å². The first-order valence-electron chi connectivity index (χ1n) is 7.24. The summed E-state index contributed by atoms with van der Waals surface area (Å²) in [6.45, 7) is 0. The first-order valence-corrected chi connectivity index (χ1v) is 9.89. The third-order valence-corrected chi connectivity index (χ3v) is 5.89. The fourth-order valence-corrected chi connectivity index (χ4v) is 4.21. The highest BCUT2D eigenvalue weighted by Gasteiger charge is 2.29. The Morgan fingerprint density at radius 2 is 1.71 bits per heavy atom. The van der Waals surface area contributed by atoms with Gasteiger partial charge in [0.25, 0.3) is 10.0 Å². The largest absolute Gasteiger partial charge is 0.326 e. The van der Waals surface area contributed by atoms with Gasteiger partial charge in [-0.2, -0.15) is 0 Å². The summed E-state index contributed by atoms with van der Waals surface area (Å²) in [6.07, 6.45) is 1.86. The van der Waals surface area contributed by atoms with Crippen LogP contribution in [0, 0.1) is 5.92 Å². The fraction of sp³-hybridized carbons (Fsp3) is 0.188. The van der Waals surface area contributed by atoms with Crippen LogP contribution >= 0.6 is 27.5 Å². The van der Waals surface area contributed by atoms with Gasteiger partial charge < -0.3 is 5.32 Å². The van der Waals surface area contributed by atoms with Crippen LogP contribution in [0.2, 0.25) is 5.02 Å². The van der Waals surface area contributed by atoms with E-state index in [-0.39, 0.29) is 21.7 Å². The summed E-state index contributed by atoms with van der Waals surface area (Å²) in [5, 5.41) is 2.93. The maximum absolute atomic E-state index is 12.4. The Balaban J connectivity index is 1.73. The molecule has 1 aliphatic carbocycles. The molecule has 24 heavy (non-hydrogen) atoms. The maximum atomic E-state index is 12.4. The molecular formula is C16H14BrClN2O3S. The molecule has 8 heteroatoms. The summed E-state index contributed by atoms with van der Waals surface area (Å²) in [5.74, 6) is 0.118. The molecule has 1 amide bonds. The van der Waals surface area contributed by atoms with Gasteiger partial charge >= 0.3 is 0 Å². The summed E-state index contributed by atoms with van der Waals surface area (Å²) >= 11 is 9.24. The molecule has 1 aliphatic rings. The number of anilines is 2. The highest BCUT2D eigenvalue weighted by Crippen LogP contribution is 2.30. The molecule has 2 aromatic rings. The lowest BCUT2D eigenvalue weighted by atomic mass is 10.2. The fourth-order valence-electron chi connectivity index (χ4n) is 2.11. The highest BCUT2D eigenvalue weighted by molar-refractivity contribution is 9.10. The van der Waals surface area contributed by atoms with E-state index < -0.39 is 10.0 Å². The second kappa shape index (κ2) is 6.74. The standard InChI is InChI=1S/C16H14BrClN2O3S/c17-11-3-8-15(14(18)9-11)24(22,23)20-13-6-4-12(5-7-13)19-16(21)10-1-2-10/h3-10,20H,1-2H2,(H,19,21). The lowest BCUT2D eigenvalue weighted by molar-refractivity contribution is -0.117. The minimum absolute atomic E-state index is 0.00141. The molecule has 5 nitrogen and oxygen atoms in total. The number of carbonyl (C=O) groups is 1. The van der Waals surface area contributed by atoms with E-state index in [1.165, 1.54) is 12.1 Å². The molecule has 0 saturated heterocycles. The van der Waals surface area contributed by atoms with Crippen molar-refractivity contribution in [3.05, 3.63) is 52.0 Å². The number of amides is 1. The van der Waals surface area contributed by atoms with Crippen LogP contribution in [0.3, 0.4) is 0 Å². The van der Waals surface area contributed by atoms with Gasteiger partial charge in [0.15, 0.2) is 0 Å². The molecule has 0 heterocycles. The summed E-state index contributed by atoms with van der Waals surface area (Å²) in [7, 11) is -3.79. The Bertz CT molecular complexity index is 881. The van der Waals surface area contributed by atoms with Gasteiger partial charge in [-0.1, -0.05) is 27.5 Å². The Labute approximate surface area is 153 Å². The van der Waals surface area contributed by atoms with E-state index in [1.807, 2.05) is 0 Å². The number of rotatable bonds is 5. The van der Waals surface area contributed by atoms with Crippen molar-refractivity contribution in [1.82, 2.24) is 0 Å². The molecule has 3 rings (SSSR count). The van der Waals surface area contributed by atoms with Crippen LogP contribution in [0.1, 0.15) is 12.8 Å². The van der Waals surface area contributed by atoms with Crippen molar-refractivity contribution in [2.45, 2.75) is 17.7 Å². The topological polar surface area (TPSA) is 75.3 Å². The lowest BCUT2D eigenvalue weighted by Gasteiger charge is -2.11. The number of hydrogen-bond donors (Lipinski definition) is 2. The number of hydrogen-bond acceptors (Lipinski definition) is 3. The normalized spacial score (nSPS) is 14.2. The zero-order valence-electron chi connectivity index (χ0n) is 12.4. The van der Waals surface area contributed by atoms with E-state index in [4.69, 9.17) is 11.6 Å². The van der Waals surface area contributed by atoms with Gasteiger partial charge in [-0.05, 0) is 55.3 Å². The summed E-state index contributed by atoms with van der Waals surface area (Å²) in [6, 6.07) is 11.0. The van der Waals surface area contributed by atoms with Crippen LogP contribution < -0.4 is 10.0 Å². The summed E-state index contributed by atoms with van der Waals surface area (Å²) < 4.78 is 28.0. The van der Waals surface area contributed by atoms with Crippen molar-refractivity contribution in [3.63, 3.8) is 0 Å². The predicted molar refractivity (Wildman–Crippen MR) is 97.8 cm³/mol. The van der Waals surface area contributed by atoms with Crippen molar-refractivity contribution in [1.29, 1.82) is 0 Å². The van der Waals surface area contributed by atoms with Crippen molar-refractivity contribution in [2.24, 2.45) is 5.92 Å². The molecule has 0 aliphatic heterocycles. The number of halogens is 2. The van der Waals surface area contributed by atoms with Gasteiger partial charge in [-0.3, -0.25) is 9.52 Å². The van der Waals surface area contributed by atoms with Crippen molar-refractivity contribution in [3.8, 4) is 0 Å². The molecule has 0 unspecified atom stereocenters. The Morgan fingerprint density at radius 3 is 2.29 bits per heavy atom. The Morgan fingerprint density at radius 1 is 1.08 bits per heavy atom. The average Bonchev–Trinajstić information content (AvgIpc) is 3.33. The van der Waals surface area contributed by atoms with Gasteiger partial charge in [0, 0.05) is 21.8 Å². The van der Waals surface area contributed by atoms with E-state index >= 15 is 0 Å². The molecule has 0 aromatic heterocycles. The Hall–Kier alpha value is -1.57. The molecule has 1 saturated carbocycles. The molecule has 126 valence electrons. The number of sulfonamides is 1. The summed E-state index contributed by atoms with van der Waals surface area (Å²) in [5.41, 5.74) is 1.02. The van der Waals surface area contributed by atoms with Crippen molar-refractivity contribution >= 4 is 54.8 Å². The minimum Gasteiger partial charge on any atom is -0.326 e.